The quantitative estimate of drug-likeness (QED) is 0.533. The van der Waals surface area contributed by atoms with E-state index in [1.807, 2.05) is 6.07 Å². The normalized spacial score (nSPS) is 11.1. The van der Waals surface area contributed by atoms with E-state index < -0.39 is 6.04 Å². The summed E-state index contributed by atoms with van der Waals surface area (Å²) in [5, 5.41) is 8.61. The van der Waals surface area contributed by atoms with Crippen molar-refractivity contribution in [3.05, 3.63) is 10.9 Å². The number of rotatable bonds is 3. The van der Waals surface area contributed by atoms with Crippen molar-refractivity contribution < 1.29 is 9.53 Å². The van der Waals surface area contributed by atoms with E-state index in [0.717, 1.165) is 11.5 Å². The van der Waals surface area contributed by atoms with Crippen LogP contribution in [0.15, 0.2) is 11.1 Å². The molecule has 0 aliphatic rings. The van der Waals surface area contributed by atoms with Crippen LogP contribution < -0.4 is 4.74 Å². The number of isocyanates is 1. The van der Waals surface area contributed by atoms with Gasteiger partial charge in [-0.3, -0.25) is 0 Å². The van der Waals surface area contributed by atoms with Gasteiger partial charge in [-0.05, 0) is 11.5 Å². The second-order valence-electron chi connectivity index (χ2n) is 2.02. The highest BCUT2D eigenvalue weighted by molar-refractivity contribution is 7.06. The van der Waals surface area contributed by atoms with E-state index in [0.29, 0.717) is 10.8 Å². The smallest absolute Gasteiger partial charge is 0.236 e. The fourth-order valence-electron chi connectivity index (χ4n) is 0.706. The molecule has 13 heavy (non-hydrogen) atoms. The molecule has 0 aliphatic heterocycles. The molecule has 66 valence electrons. The third kappa shape index (κ3) is 2.12. The first-order valence-corrected chi connectivity index (χ1v) is 4.06. The molecule has 0 aromatic carbocycles. The molecule has 1 aromatic rings. The summed E-state index contributed by atoms with van der Waals surface area (Å²) in [6.07, 6.45) is 1.34. The minimum Gasteiger partial charge on any atom is -0.480 e. The van der Waals surface area contributed by atoms with Gasteiger partial charge < -0.3 is 4.74 Å². The third-order valence-electron chi connectivity index (χ3n) is 1.29. The second kappa shape index (κ2) is 4.36. The van der Waals surface area contributed by atoms with Crippen LogP contribution in [0.25, 0.3) is 0 Å². The molecule has 1 atom stereocenters. The van der Waals surface area contributed by atoms with E-state index >= 15 is 0 Å². The molecule has 1 unspecified atom stereocenters. The van der Waals surface area contributed by atoms with E-state index in [1.54, 1.807) is 6.07 Å². The number of carbonyl (C=O) groups excluding carboxylic acids is 1. The van der Waals surface area contributed by atoms with Crippen LogP contribution in [0.3, 0.4) is 0 Å². The topological polar surface area (TPSA) is 75.3 Å². The molecule has 6 heteroatoms. The molecular formula is C7H5N3O2S. The van der Waals surface area contributed by atoms with Gasteiger partial charge in [-0.1, -0.05) is 0 Å². The van der Waals surface area contributed by atoms with Crippen LogP contribution in [0.5, 0.6) is 5.88 Å². The minimum absolute atomic E-state index is 0.418. The van der Waals surface area contributed by atoms with Crippen molar-refractivity contribution >= 4 is 17.6 Å². The number of aliphatic imine (C=N–C) groups is 1. The maximum absolute atomic E-state index is 9.93. The van der Waals surface area contributed by atoms with Crippen molar-refractivity contribution in [2.45, 2.75) is 6.04 Å². The summed E-state index contributed by atoms with van der Waals surface area (Å²) in [6.45, 7) is 0. The zero-order valence-corrected chi connectivity index (χ0v) is 7.54. The van der Waals surface area contributed by atoms with Crippen LogP contribution in [0.4, 0.5) is 0 Å². The lowest BCUT2D eigenvalue weighted by molar-refractivity contribution is 0.402. The molecule has 0 spiro atoms. The zero-order valence-electron chi connectivity index (χ0n) is 6.72. The van der Waals surface area contributed by atoms with Crippen molar-refractivity contribution in [2.24, 2.45) is 4.99 Å². The van der Waals surface area contributed by atoms with Gasteiger partial charge in [0.05, 0.1) is 18.1 Å². The zero-order chi connectivity index (χ0) is 9.68. The summed E-state index contributed by atoms with van der Waals surface area (Å²) >= 11 is 1.08. The van der Waals surface area contributed by atoms with Gasteiger partial charge in [0.25, 0.3) is 0 Å². The number of hydrogen-bond donors (Lipinski definition) is 0. The second-order valence-corrected chi connectivity index (χ2v) is 2.86. The Morgan fingerprint density at radius 3 is 3.08 bits per heavy atom. The molecule has 1 heterocycles. The Morgan fingerprint density at radius 1 is 1.85 bits per heavy atom. The van der Waals surface area contributed by atoms with Crippen LogP contribution in [-0.2, 0) is 4.79 Å². The maximum Gasteiger partial charge on any atom is 0.236 e. The molecule has 1 aromatic heterocycles. The fourth-order valence-corrected chi connectivity index (χ4v) is 1.39. The highest BCUT2D eigenvalue weighted by Gasteiger charge is 2.12. The van der Waals surface area contributed by atoms with E-state index in [1.165, 1.54) is 13.2 Å². The van der Waals surface area contributed by atoms with Crippen molar-refractivity contribution in [2.75, 3.05) is 7.11 Å². The van der Waals surface area contributed by atoms with Crippen molar-refractivity contribution in [1.29, 1.82) is 5.26 Å². The molecule has 0 saturated heterocycles. The summed E-state index contributed by atoms with van der Waals surface area (Å²) in [7, 11) is 1.48. The minimum atomic E-state index is -0.820. The first-order chi connectivity index (χ1) is 6.31. The molecule has 0 radical (unpaired) electrons. The lowest BCUT2D eigenvalue weighted by Crippen LogP contribution is -1.86. The lowest BCUT2D eigenvalue weighted by atomic mass is 10.3. The first-order valence-electron chi connectivity index (χ1n) is 3.29. The summed E-state index contributed by atoms with van der Waals surface area (Å²) in [6, 6.07) is 2.59. The largest absolute Gasteiger partial charge is 0.480 e. The van der Waals surface area contributed by atoms with E-state index in [2.05, 4.69) is 9.37 Å². The lowest BCUT2D eigenvalue weighted by Gasteiger charge is -1.92. The third-order valence-corrected chi connectivity index (χ3v) is 2.11. The van der Waals surface area contributed by atoms with Gasteiger partial charge in [0.2, 0.25) is 12.0 Å². The van der Waals surface area contributed by atoms with Gasteiger partial charge in [-0.15, -0.1) is 0 Å². The fraction of sp³-hybridized carbons (Fsp3) is 0.286. The molecule has 0 saturated carbocycles. The van der Waals surface area contributed by atoms with Gasteiger partial charge in [0.1, 0.15) is 0 Å². The molecule has 0 amide bonds. The Morgan fingerprint density at radius 2 is 2.62 bits per heavy atom. The predicted molar refractivity (Wildman–Crippen MR) is 45.1 cm³/mol. The number of nitrogens with zero attached hydrogens (tertiary/aromatic N) is 3. The highest BCUT2D eigenvalue weighted by atomic mass is 32.1. The number of methoxy groups -OCH3 is 1. The molecule has 0 N–H and O–H groups in total. The standard InChI is InChI=1S/C7H5N3O2S/c1-12-7-2-6(13-10-7)5(3-8)9-4-11/h2,5H,1H3. The average molecular weight is 195 g/mol. The Hall–Kier alpha value is -1.70. The van der Waals surface area contributed by atoms with Gasteiger partial charge in [-0.2, -0.15) is 14.6 Å². The molecule has 0 aliphatic carbocycles. The molecular weight excluding hydrogens is 190 g/mol. The summed E-state index contributed by atoms with van der Waals surface area (Å²) in [5.74, 6) is 0.418. The number of hydrogen-bond acceptors (Lipinski definition) is 6. The predicted octanol–water partition coefficient (Wildman–Crippen LogP) is 1.05. The Labute approximate surface area is 78.5 Å². The molecule has 5 nitrogen and oxygen atoms in total. The number of nitriles is 1. The van der Waals surface area contributed by atoms with E-state index in [4.69, 9.17) is 10.00 Å². The van der Waals surface area contributed by atoms with Gasteiger partial charge >= 0.3 is 0 Å². The SMILES string of the molecule is COc1cc(C(C#N)N=C=O)sn1. The van der Waals surface area contributed by atoms with Crippen molar-refractivity contribution in [3.8, 4) is 11.9 Å². The van der Waals surface area contributed by atoms with Gasteiger partial charge in [0, 0.05) is 6.07 Å². The van der Waals surface area contributed by atoms with Crippen LogP contribution in [0.1, 0.15) is 10.9 Å². The Kier molecular flexibility index (Phi) is 3.15. The molecule has 0 fully saturated rings. The molecule has 0 bridgehead atoms. The first kappa shape index (κ1) is 9.39. The van der Waals surface area contributed by atoms with Gasteiger partial charge in [0.15, 0.2) is 6.04 Å². The van der Waals surface area contributed by atoms with Crippen LogP contribution in [0.2, 0.25) is 0 Å². The summed E-state index contributed by atoms with van der Waals surface area (Å²) in [5.41, 5.74) is 0. The summed E-state index contributed by atoms with van der Waals surface area (Å²) < 4.78 is 8.68. The van der Waals surface area contributed by atoms with E-state index in [-0.39, 0.29) is 0 Å². The average Bonchev–Trinajstić information content (AvgIpc) is 2.62. The summed E-state index contributed by atoms with van der Waals surface area (Å²) in [4.78, 5) is 13.8. The van der Waals surface area contributed by atoms with Crippen LogP contribution in [-0.4, -0.2) is 17.6 Å². The van der Waals surface area contributed by atoms with Gasteiger partial charge in [-0.25, -0.2) is 4.79 Å². The monoisotopic (exact) mass is 195 g/mol. The Balaban J connectivity index is 2.93. The van der Waals surface area contributed by atoms with E-state index in [9.17, 15) is 4.79 Å². The Bertz CT molecular complexity index is 375. The van der Waals surface area contributed by atoms with Crippen LogP contribution in [0, 0.1) is 11.3 Å². The maximum atomic E-state index is 9.93. The van der Waals surface area contributed by atoms with Crippen LogP contribution >= 0.6 is 11.5 Å². The van der Waals surface area contributed by atoms with Crippen molar-refractivity contribution in [3.63, 3.8) is 0 Å². The highest BCUT2D eigenvalue weighted by Crippen LogP contribution is 2.24. The van der Waals surface area contributed by atoms with Crippen molar-refractivity contribution in [1.82, 2.24) is 4.37 Å². The molecule has 1 rings (SSSR count). The number of ether oxygens (including phenoxy) is 1. The number of aromatic nitrogens is 1.